The molecule has 0 bridgehead atoms. The van der Waals surface area contributed by atoms with Crippen LogP contribution < -0.4 is 5.32 Å². The average Bonchev–Trinajstić information content (AvgIpc) is 2.27. The van der Waals surface area contributed by atoms with Gasteiger partial charge in [0.25, 0.3) is 0 Å². The number of carboxylic acid groups (broad SMARTS) is 1. The Hall–Kier alpha value is -1.26. The number of hydrogen-bond donors (Lipinski definition) is 2. The summed E-state index contributed by atoms with van der Waals surface area (Å²) in [6.45, 7) is 5.25. The van der Waals surface area contributed by atoms with Crippen molar-refractivity contribution < 1.29 is 14.7 Å². The number of nitrogens with one attached hydrogen (secondary N) is 1. The van der Waals surface area contributed by atoms with Crippen molar-refractivity contribution in [3.05, 3.63) is 27.7 Å². The zero-order chi connectivity index (χ0) is 15.5. The van der Waals surface area contributed by atoms with Crippen LogP contribution in [0.5, 0.6) is 0 Å². The Bertz CT molecular complexity index is 541. The van der Waals surface area contributed by atoms with E-state index in [-0.39, 0.29) is 18.7 Å². The van der Waals surface area contributed by atoms with Crippen molar-refractivity contribution in [2.45, 2.75) is 33.6 Å². The van der Waals surface area contributed by atoms with Crippen molar-refractivity contribution in [1.29, 1.82) is 0 Å². The van der Waals surface area contributed by atoms with E-state index < -0.39 is 11.4 Å². The van der Waals surface area contributed by atoms with Gasteiger partial charge < -0.3 is 10.4 Å². The third kappa shape index (κ3) is 4.69. The monoisotopic (exact) mass is 317 g/mol. The van der Waals surface area contributed by atoms with Crippen LogP contribution in [0.25, 0.3) is 0 Å². The number of carbonyl (C=O) groups is 2. The highest BCUT2D eigenvalue weighted by Crippen LogP contribution is 2.34. The van der Waals surface area contributed by atoms with Crippen LogP contribution in [-0.2, 0) is 9.59 Å². The minimum atomic E-state index is -0.936. The Balaban J connectivity index is 2.82. The molecule has 0 aliphatic rings. The summed E-state index contributed by atoms with van der Waals surface area (Å²) in [6.07, 6.45) is -0.0183. The van der Waals surface area contributed by atoms with E-state index in [2.05, 4.69) is 5.32 Å². The molecular formula is C14H17Cl2NO3. The molecule has 0 spiro atoms. The number of anilines is 1. The highest BCUT2D eigenvalue weighted by molar-refractivity contribution is 6.40. The van der Waals surface area contributed by atoms with E-state index in [9.17, 15) is 9.59 Å². The molecule has 1 aromatic carbocycles. The number of amides is 1. The van der Waals surface area contributed by atoms with Gasteiger partial charge in [-0.2, -0.15) is 0 Å². The second kappa shape index (κ2) is 6.46. The fraction of sp³-hybridized carbons (Fsp3) is 0.429. The largest absolute Gasteiger partial charge is 0.481 e. The predicted molar refractivity (Wildman–Crippen MR) is 80.5 cm³/mol. The van der Waals surface area contributed by atoms with Gasteiger partial charge in [0, 0.05) is 6.42 Å². The molecule has 0 heterocycles. The lowest BCUT2D eigenvalue weighted by molar-refractivity contribution is -0.139. The smallest absolute Gasteiger partial charge is 0.303 e. The van der Waals surface area contributed by atoms with Gasteiger partial charge in [-0.25, -0.2) is 0 Å². The van der Waals surface area contributed by atoms with Crippen molar-refractivity contribution in [2.75, 3.05) is 5.32 Å². The first kappa shape index (κ1) is 16.8. The standard InChI is InChI=1S/C14H17Cl2NO3/c1-8-4-5-9(15)13(12(8)16)17-10(18)6-14(2,3)7-11(19)20/h4-5H,6-7H2,1-3H3,(H,17,18)(H,19,20). The highest BCUT2D eigenvalue weighted by atomic mass is 35.5. The fourth-order valence-electron chi connectivity index (χ4n) is 1.86. The van der Waals surface area contributed by atoms with Gasteiger partial charge in [-0.15, -0.1) is 0 Å². The van der Waals surface area contributed by atoms with Gasteiger partial charge in [0.2, 0.25) is 5.91 Å². The number of aryl methyl sites for hydroxylation is 1. The lowest BCUT2D eigenvalue weighted by Gasteiger charge is -2.22. The first-order chi connectivity index (χ1) is 9.12. The zero-order valence-electron chi connectivity index (χ0n) is 11.6. The van der Waals surface area contributed by atoms with Crippen LogP contribution in [0.2, 0.25) is 10.0 Å². The molecule has 1 rings (SSSR count). The quantitative estimate of drug-likeness (QED) is 0.858. The number of halogens is 2. The number of hydrogen-bond acceptors (Lipinski definition) is 2. The topological polar surface area (TPSA) is 66.4 Å². The molecule has 4 nitrogen and oxygen atoms in total. The number of rotatable bonds is 5. The Labute approximate surface area is 128 Å². The van der Waals surface area contributed by atoms with E-state index in [4.69, 9.17) is 28.3 Å². The molecule has 2 N–H and O–H groups in total. The summed E-state index contributed by atoms with van der Waals surface area (Å²) >= 11 is 12.1. The Morgan fingerprint density at radius 1 is 1.25 bits per heavy atom. The van der Waals surface area contributed by atoms with Crippen molar-refractivity contribution in [3.63, 3.8) is 0 Å². The van der Waals surface area contributed by atoms with Crippen LogP contribution in [0.4, 0.5) is 5.69 Å². The van der Waals surface area contributed by atoms with Crippen molar-refractivity contribution in [2.24, 2.45) is 5.41 Å². The summed E-state index contributed by atoms with van der Waals surface area (Å²) in [5.74, 6) is -1.25. The highest BCUT2D eigenvalue weighted by Gasteiger charge is 2.26. The minimum Gasteiger partial charge on any atom is -0.481 e. The maximum atomic E-state index is 12.0. The summed E-state index contributed by atoms with van der Waals surface area (Å²) in [5, 5.41) is 12.2. The molecule has 1 aromatic rings. The predicted octanol–water partition coefficient (Wildman–Crippen LogP) is 4.13. The van der Waals surface area contributed by atoms with E-state index in [0.717, 1.165) is 5.56 Å². The third-order valence-electron chi connectivity index (χ3n) is 2.82. The van der Waals surface area contributed by atoms with Crippen LogP contribution in [0, 0.1) is 12.3 Å². The zero-order valence-corrected chi connectivity index (χ0v) is 13.1. The van der Waals surface area contributed by atoms with Crippen LogP contribution in [0.1, 0.15) is 32.3 Å². The Morgan fingerprint density at radius 2 is 1.85 bits per heavy atom. The number of aliphatic carboxylic acids is 1. The van der Waals surface area contributed by atoms with Gasteiger partial charge in [-0.3, -0.25) is 9.59 Å². The maximum Gasteiger partial charge on any atom is 0.303 e. The molecule has 6 heteroatoms. The van der Waals surface area contributed by atoms with Gasteiger partial charge >= 0.3 is 5.97 Å². The van der Waals surface area contributed by atoms with Crippen LogP contribution in [0.3, 0.4) is 0 Å². The molecule has 1 amide bonds. The first-order valence-electron chi connectivity index (χ1n) is 6.08. The molecule has 0 atom stereocenters. The van der Waals surface area contributed by atoms with Crippen molar-refractivity contribution in [3.8, 4) is 0 Å². The molecule has 0 unspecified atom stereocenters. The molecule has 0 radical (unpaired) electrons. The summed E-state index contributed by atoms with van der Waals surface area (Å²) in [5.41, 5.74) is 0.527. The number of benzene rings is 1. The molecule has 0 aliphatic heterocycles. The van der Waals surface area contributed by atoms with Gasteiger partial charge in [0.15, 0.2) is 0 Å². The summed E-state index contributed by atoms with van der Waals surface area (Å²) in [6, 6.07) is 3.41. The van der Waals surface area contributed by atoms with E-state index in [0.29, 0.717) is 15.7 Å². The Kier molecular flexibility index (Phi) is 5.42. The number of carboxylic acids is 1. The molecule has 0 fully saturated rings. The third-order valence-corrected chi connectivity index (χ3v) is 3.62. The van der Waals surface area contributed by atoms with Crippen LogP contribution >= 0.6 is 23.2 Å². The SMILES string of the molecule is Cc1ccc(Cl)c(NC(=O)CC(C)(C)CC(=O)O)c1Cl. The summed E-state index contributed by atoms with van der Waals surface area (Å²) in [7, 11) is 0. The van der Waals surface area contributed by atoms with E-state index in [1.54, 1.807) is 26.0 Å². The lowest BCUT2D eigenvalue weighted by atomic mass is 9.85. The molecule has 20 heavy (non-hydrogen) atoms. The lowest BCUT2D eigenvalue weighted by Crippen LogP contribution is -2.25. The molecule has 0 aliphatic carbocycles. The second-order valence-corrected chi connectivity index (χ2v) is 6.30. The van der Waals surface area contributed by atoms with Gasteiger partial charge in [0.1, 0.15) is 0 Å². The van der Waals surface area contributed by atoms with E-state index in [1.807, 2.05) is 6.92 Å². The van der Waals surface area contributed by atoms with Gasteiger partial charge in [0.05, 0.1) is 22.2 Å². The van der Waals surface area contributed by atoms with Crippen molar-refractivity contribution in [1.82, 2.24) is 0 Å². The summed E-state index contributed by atoms with van der Waals surface area (Å²) in [4.78, 5) is 22.7. The average molecular weight is 318 g/mol. The second-order valence-electron chi connectivity index (χ2n) is 5.51. The number of carbonyl (C=O) groups excluding carboxylic acids is 1. The van der Waals surface area contributed by atoms with E-state index >= 15 is 0 Å². The normalized spacial score (nSPS) is 11.2. The Morgan fingerprint density at radius 3 is 2.40 bits per heavy atom. The van der Waals surface area contributed by atoms with Crippen molar-refractivity contribution >= 4 is 40.8 Å². The molecule has 110 valence electrons. The van der Waals surface area contributed by atoms with Gasteiger partial charge in [-0.1, -0.05) is 43.1 Å². The fourth-order valence-corrected chi connectivity index (χ4v) is 2.33. The molecular weight excluding hydrogens is 301 g/mol. The molecule has 0 aromatic heterocycles. The maximum absolute atomic E-state index is 12.0. The minimum absolute atomic E-state index is 0.0693. The van der Waals surface area contributed by atoms with E-state index in [1.165, 1.54) is 0 Å². The van der Waals surface area contributed by atoms with Gasteiger partial charge in [-0.05, 0) is 24.0 Å². The summed E-state index contributed by atoms with van der Waals surface area (Å²) < 4.78 is 0. The van der Waals surface area contributed by atoms with Crippen LogP contribution in [-0.4, -0.2) is 17.0 Å². The molecule has 0 saturated carbocycles. The van der Waals surface area contributed by atoms with Crippen LogP contribution in [0.15, 0.2) is 12.1 Å². The molecule has 0 saturated heterocycles. The first-order valence-corrected chi connectivity index (χ1v) is 6.84.